The Kier molecular flexibility index (Phi) is 5.46. The maximum atomic E-state index is 14.0. The molecule has 0 saturated carbocycles. The molecule has 1 aliphatic rings. The molecule has 1 atom stereocenters. The van der Waals surface area contributed by atoms with E-state index in [0.29, 0.717) is 13.0 Å². The molecule has 1 aromatic heterocycles. The van der Waals surface area contributed by atoms with Crippen molar-refractivity contribution >= 4 is 38.7 Å². The maximum absolute atomic E-state index is 14.0. The van der Waals surface area contributed by atoms with E-state index in [2.05, 4.69) is 0 Å². The molecule has 0 spiro atoms. The second-order valence-corrected chi connectivity index (χ2v) is 9.70. The molecule has 8 heteroatoms. The van der Waals surface area contributed by atoms with Crippen molar-refractivity contribution in [3.8, 4) is 0 Å². The number of hydrogen-bond donors (Lipinski definition) is 0. The van der Waals surface area contributed by atoms with Crippen molar-refractivity contribution in [2.24, 2.45) is 0 Å². The monoisotopic (exact) mass is 401 g/mol. The van der Waals surface area contributed by atoms with Gasteiger partial charge in [-0.25, -0.2) is 12.8 Å². The van der Waals surface area contributed by atoms with Gasteiger partial charge in [-0.15, -0.1) is 11.3 Å². The second kappa shape index (κ2) is 7.43. The van der Waals surface area contributed by atoms with Crippen LogP contribution >= 0.6 is 22.9 Å². The molecule has 2 aromatic rings. The SMILES string of the molecule is O=C(Cc1c(F)cccc1Cl)N(Cc1cccs1)[C@H]1CCS(=O)(=O)C1. The Bertz CT molecular complexity index is 848. The van der Waals surface area contributed by atoms with Crippen molar-refractivity contribution < 1.29 is 17.6 Å². The highest BCUT2D eigenvalue weighted by molar-refractivity contribution is 7.91. The Morgan fingerprint density at radius 1 is 1.32 bits per heavy atom. The minimum Gasteiger partial charge on any atom is -0.333 e. The zero-order valence-corrected chi connectivity index (χ0v) is 15.7. The van der Waals surface area contributed by atoms with Gasteiger partial charge in [0, 0.05) is 21.5 Å². The van der Waals surface area contributed by atoms with E-state index < -0.39 is 15.7 Å². The van der Waals surface area contributed by atoms with Crippen LogP contribution in [0.1, 0.15) is 16.9 Å². The molecule has 2 heterocycles. The van der Waals surface area contributed by atoms with Gasteiger partial charge in [-0.05, 0) is 30.0 Å². The van der Waals surface area contributed by atoms with E-state index in [-0.39, 0.29) is 40.5 Å². The molecule has 134 valence electrons. The largest absolute Gasteiger partial charge is 0.333 e. The molecule has 1 amide bonds. The summed E-state index contributed by atoms with van der Waals surface area (Å²) in [5.74, 6) is -0.819. The molecule has 0 unspecified atom stereocenters. The number of carbonyl (C=O) groups excluding carboxylic acids is 1. The zero-order valence-electron chi connectivity index (χ0n) is 13.3. The van der Waals surface area contributed by atoms with E-state index in [1.807, 2.05) is 17.5 Å². The lowest BCUT2D eigenvalue weighted by atomic mass is 10.1. The maximum Gasteiger partial charge on any atom is 0.227 e. The van der Waals surface area contributed by atoms with Crippen LogP contribution in [0.3, 0.4) is 0 Å². The molecule has 1 fully saturated rings. The molecular weight excluding hydrogens is 385 g/mol. The average molecular weight is 402 g/mol. The molecule has 1 aliphatic heterocycles. The first-order valence-corrected chi connectivity index (χ1v) is 10.9. The first-order valence-electron chi connectivity index (χ1n) is 7.81. The van der Waals surface area contributed by atoms with Crippen molar-refractivity contribution in [2.45, 2.75) is 25.4 Å². The van der Waals surface area contributed by atoms with Gasteiger partial charge in [0.15, 0.2) is 9.84 Å². The van der Waals surface area contributed by atoms with Gasteiger partial charge in [-0.1, -0.05) is 23.7 Å². The first kappa shape index (κ1) is 18.4. The summed E-state index contributed by atoms with van der Waals surface area (Å²) in [7, 11) is -3.13. The summed E-state index contributed by atoms with van der Waals surface area (Å²) in [5.41, 5.74) is 0.145. The van der Waals surface area contributed by atoms with Gasteiger partial charge >= 0.3 is 0 Å². The summed E-state index contributed by atoms with van der Waals surface area (Å²) in [4.78, 5) is 15.4. The number of sulfone groups is 1. The number of amides is 1. The van der Waals surface area contributed by atoms with Gasteiger partial charge in [0.25, 0.3) is 0 Å². The van der Waals surface area contributed by atoms with Gasteiger partial charge in [0.05, 0.1) is 24.5 Å². The van der Waals surface area contributed by atoms with Crippen molar-refractivity contribution in [1.82, 2.24) is 4.90 Å². The Balaban J connectivity index is 1.84. The van der Waals surface area contributed by atoms with Crippen LogP contribution in [0.5, 0.6) is 0 Å². The van der Waals surface area contributed by atoms with Crippen molar-refractivity contribution in [1.29, 1.82) is 0 Å². The summed E-state index contributed by atoms with van der Waals surface area (Å²) in [6.07, 6.45) is 0.220. The molecule has 0 radical (unpaired) electrons. The minimum absolute atomic E-state index is 0.0465. The fourth-order valence-electron chi connectivity index (χ4n) is 2.97. The lowest BCUT2D eigenvalue weighted by Gasteiger charge is -2.28. The molecule has 0 aliphatic carbocycles. The van der Waals surface area contributed by atoms with Gasteiger partial charge in [0.2, 0.25) is 5.91 Å². The number of carbonyl (C=O) groups is 1. The van der Waals surface area contributed by atoms with Crippen LogP contribution in [-0.2, 0) is 27.6 Å². The summed E-state index contributed by atoms with van der Waals surface area (Å²) in [5, 5.41) is 2.10. The lowest BCUT2D eigenvalue weighted by molar-refractivity contribution is -0.133. The molecule has 0 bridgehead atoms. The average Bonchev–Trinajstić information content (AvgIpc) is 3.17. The van der Waals surface area contributed by atoms with E-state index in [4.69, 9.17) is 11.6 Å². The molecule has 4 nitrogen and oxygen atoms in total. The van der Waals surface area contributed by atoms with Crippen LogP contribution < -0.4 is 0 Å². The third-order valence-electron chi connectivity index (χ3n) is 4.27. The van der Waals surface area contributed by atoms with E-state index in [0.717, 1.165) is 4.88 Å². The van der Waals surface area contributed by atoms with Gasteiger partial charge in [-0.2, -0.15) is 0 Å². The van der Waals surface area contributed by atoms with Gasteiger partial charge in [-0.3, -0.25) is 4.79 Å². The minimum atomic E-state index is -3.13. The van der Waals surface area contributed by atoms with Crippen LogP contribution in [0.25, 0.3) is 0 Å². The summed E-state index contributed by atoms with van der Waals surface area (Å²) >= 11 is 7.52. The van der Waals surface area contributed by atoms with Gasteiger partial charge in [0.1, 0.15) is 5.82 Å². The number of thiophene rings is 1. The van der Waals surface area contributed by atoms with Crippen LogP contribution in [0.4, 0.5) is 4.39 Å². The quantitative estimate of drug-likeness (QED) is 0.772. The highest BCUT2D eigenvalue weighted by Crippen LogP contribution is 2.25. The third kappa shape index (κ3) is 4.40. The lowest BCUT2D eigenvalue weighted by Crippen LogP contribution is -2.41. The van der Waals surface area contributed by atoms with E-state index in [9.17, 15) is 17.6 Å². The highest BCUT2D eigenvalue weighted by Gasteiger charge is 2.35. The Morgan fingerprint density at radius 2 is 2.12 bits per heavy atom. The number of halogens is 2. The Labute approximate surface area is 155 Å². The topological polar surface area (TPSA) is 54.5 Å². The van der Waals surface area contributed by atoms with Crippen LogP contribution in [0.2, 0.25) is 5.02 Å². The molecule has 1 saturated heterocycles. The zero-order chi connectivity index (χ0) is 18.0. The summed E-state index contributed by atoms with van der Waals surface area (Å²) < 4.78 is 37.6. The van der Waals surface area contributed by atoms with Crippen molar-refractivity contribution in [2.75, 3.05) is 11.5 Å². The molecule has 25 heavy (non-hydrogen) atoms. The van der Waals surface area contributed by atoms with Gasteiger partial charge < -0.3 is 4.90 Å². The normalized spacial score (nSPS) is 19.0. The fraction of sp³-hybridized carbons (Fsp3) is 0.353. The second-order valence-electron chi connectivity index (χ2n) is 6.03. The van der Waals surface area contributed by atoms with Crippen molar-refractivity contribution in [3.63, 3.8) is 0 Å². The smallest absolute Gasteiger partial charge is 0.227 e. The third-order valence-corrected chi connectivity index (χ3v) is 7.23. The Morgan fingerprint density at radius 3 is 2.72 bits per heavy atom. The molecular formula is C17H17ClFNO3S2. The number of benzene rings is 1. The first-order chi connectivity index (χ1) is 11.9. The standard InChI is InChI=1S/C17H17ClFNO3S2/c18-15-4-1-5-16(19)14(15)9-17(21)20(10-13-3-2-7-24-13)12-6-8-25(22,23)11-12/h1-5,7,12H,6,8-11H2/t12-/m0/s1. The fourth-order valence-corrected chi connectivity index (χ4v) is 5.63. The predicted molar refractivity (Wildman–Crippen MR) is 97.0 cm³/mol. The number of hydrogen-bond acceptors (Lipinski definition) is 4. The van der Waals surface area contributed by atoms with E-state index in [1.165, 1.54) is 29.5 Å². The predicted octanol–water partition coefficient (Wildman–Crippen LogP) is 3.30. The van der Waals surface area contributed by atoms with Crippen LogP contribution in [0.15, 0.2) is 35.7 Å². The van der Waals surface area contributed by atoms with Crippen LogP contribution in [-0.4, -0.2) is 36.8 Å². The summed E-state index contributed by atoms with van der Waals surface area (Å²) in [6, 6.07) is 7.67. The highest BCUT2D eigenvalue weighted by atomic mass is 35.5. The van der Waals surface area contributed by atoms with Crippen LogP contribution in [0, 0.1) is 5.82 Å². The van der Waals surface area contributed by atoms with E-state index >= 15 is 0 Å². The van der Waals surface area contributed by atoms with E-state index in [1.54, 1.807) is 4.90 Å². The Hall–Kier alpha value is -1.44. The number of rotatable bonds is 5. The number of nitrogens with zero attached hydrogens (tertiary/aromatic N) is 1. The molecule has 3 rings (SSSR count). The molecule has 1 aromatic carbocycles. The summed E-state index contributed by atoms with van der Waals surface area (Å²) in [6.45, 7) is 0.322. The van der Waals surface area contributed by atoms with Crippen molar-refractivity contribution in [3.05, 3.63) is 57.0 Å². The molecule has 0 N–H and O–H groups in total.